The Morgan fingerprint density at radius 3 is 2.79 bits per heavy atom. The highest BCUT2D eigenvalue weighted by molar-refractivity contribution is 7.90. The molecule has 0 aliphatic carbocycles. The normalized spacial score (nSPS) is 11.8. The summed E-state index contributed by atoms with van der Waals surface area (Å²) in [7, 11) is -2.98. The standard InChI is InChI=1S/C12H15N3O3S/c1-19(17,18)7-6-13-8-11-14-10-5-3-2-4-9(10)12(16)15-11/h2-5,13H,6-8H2,1H3,(H,14,15,16). The van der Waals surface area contributed by atoms with Crippen LogP contribution in [0.4, 0.5) is 0 Å². The first-order valence-electron chi connectivity index (χ1n) is 5.82. The first-order chi connectivity index (χ1) is 8.96. The second kappa shape index (κ2) is 5.50. The Morgan fingerprint density at radius 1 is 1.32 bits per heavy atom. The van der Waals surface area contributed by atoms with E-state index in [9.17, 15) is 13.2 Å². The van der Waals surface area contributed by atoms with Crippen molar-refractivity contribution >= 4 is 20.7 Å². The summed E-state index contributed by atoms with van der Waals surface area (Å²) >= 11 is 0. The largest absolute Gasteiger partial charge is 0.309 e. The van der Waals surface area contributed by atoms with Gasteiger partial charge in [0, 0.05) is 12.8 Å². The van der Waals surface area contributed by atoms with Crippen molar-refractivity contribution in [3.63, 3.8) is 0 Å². The molecule has 102 valence electrons. The highest BCUT2D eigenvalue weighted by Crippen LogP contribution is 2.05. The number of aromatic nitrogens is 2. The molecule has 19 heavy (non-hydrogen) atoms. The Kier molecular flexibility index (Phi) is 3.96. The Labute approximate surface area is 110 Å². The van der Waals surface area contributed by atoms with Crippen LogP contribution in [0.25, 0.3) is 10.9 Å². The van der Waals surface area contributed by atoms with Gasteiger partial charge in [-0.1, -0.05) is 12.1 Å². The molecule has 2 N–H and O–H groups in total. The first kappa shape index (κ1) is 13.7. The maximum absolute atomic E-state index is 11.8. The van der Waals surface area contributed by atoms with Gasteiger partial charge in [0.05, 0.1) is 23.2 Å². The van der Waals surface area contributed by atoms with E-state index < -0.39 is 9.84 Å². The Hall–Kier alpha value is -1.73. The average Bonchev–Trinajstić information content (AvgIpc) is 2.34. The van der Waals surface area contributed by atoms with Crippen LogP contribution >= 0.6 is 0 Å². The van der Waals surface area contributed by atoms with Gasteiger partial charge in [-0.05, 0) is 12.1 Å². The van der Waals surface area contributed by atoms with Crippen molar-refractivity contribution in [2.75, 3.05) is 18.6 Å². The van der Waals surface area contributed by atoms with Crippen LogP contribution in [0.1, 0.15) is 5.82 Å². The molecule has 1 aromatic heterocycles. The highest BCUT2D eigenvalue weighted by Gasteiger charge is 2.04. The lowest BCUT2D eigenvalue weighted by molar-refractivity contribution is 0.595. The van der Waals surface area contributed by atoms with Gasteiger partial charge in [0.1, 0.15) is 15.7 Å². The molecule has 1 heterocycles. The van der Waals surface area contributed by atoms with E-state index in [4.69, 9.17) is 0 Å². The monoisotopic (exact) mass is 281 g/mol. The lowest BCUT2D eigenvalue weighted by atomic mass is 10.2. The van der Waals surface area contributed by atoms with E-state index in [1.165, 1.54) is 6.26 Å². The van der Waals surface area contributed by atoms with Crippen LogP contribution in [-0.2, 0) is 16.4 Å². The molecule has 0 saturated heterocycles. The fourth-order valence-electron chi connectivity index (χ4n) is 1.68. The SMILES string of the molecule is CS(=O)(=O)CCNCc1nc2ccccc2c(=O)[nH]1. The number of rotatable bonds is 5. The van der Waals surface area contributed by atoms with E-state index in [-0.39, 0.29) is 11.3 Å². The van der Waals surface area contributed by atoms with Crippen LogP contribution in [0.2, 0.25) is 0 Å². The van der Waals surface area contributed by atoms with Crippen LogP contribution in [0.3, 0.4) is 0 Å². The minimum absolute atomic E-state index is 0.0603. The number of H-pyrrole nitrogens is 1. The van der Waals surface area contributed by atoms with E-state index in [2.05, 4.69) is 15.3 Å². The summed E-state index contributed by atoms with van der Waals surface area (Å²) < 4.78 is 21.9. The van der Waals surface area contributed by atoms with Gasteiger partial charge in [0.2, 0.25) is 0 Å². The number of hydrogen-bond acceptors (Lipinski definition) is 5. The van der Waals surface area contributed by atoms with Crippen LogP contribution in [0.15, 0.2) is 29.1 Å². The number of sulfone groups is 1. The van der Waals surface area contributed by atoms with Crippen molar-refractivity contribution in [3.8, 4) is 0 Å². The molecule has 2 aromatic rings. The molecular formula is C12H15N3O3S. The zero-order valence-electron chi connectivity index (χ0n) is 10.5. The van der Waals surface area contributed by atoms with Crippen molar-refractivity contribution in [1.29, 1.82) is 0 Å². The lowest BCUT2D eigenvalue weighted by Gasteiger charge is -2.04. The molecule has 0 atom stereocenters. The molecule has 0 spiro atoms. The van der Waals surface area contributed by atoms with Crippen LogP contribution < -0.4 is 10.9 Å². The smallest absolute Gasteiger partial charge is 0.258 e. The summed E-state index contributed by atoms with van der Waals surface area (Å²) in [5.74, 6) is 0.558. The number of para-hydroxylation sites is 1. The molecule has 0 aliphatic heterocycles. The molecule has 0 amide bonds. The predicted octanol–water partition coefficient (Wildman–Crippen LogP) is 0.0573. The maximum Gasteiger partial charge on any atom is 0.258 e. The molecule has 2 rings (SSSR count). The Bertz CT molecular complexity index is 737. The second-order valence-electron chi connectivity index (χ2n) is 4.34. The van der Waals surface area contributed by atoms with Gasteiger partial charge in [-0.2, -0.15) is 0 Å². The van der Waals surface area contributed by atoms with Crippen molar-refractivity contribution in [2.45, 2.75) is 6.54 Å². The minimum atomic E-state index is -2.98. The van der Waals surface area contributed by atoms with Crippen molar-refractivity contribution in [1.82, 2.24) is 15.3 Å². The van der Waals surface area contributed by atoms with Crippen LogP contribution in [0.5, 0.6) is 0 Å². The van der Waals surface area contributed by atoms with Crippen LogP contribution in [-0.4, -0.2) is 36.9 Å². The Morgan fingerprint density at radius 2 is 2.05 bits per heavy atom. The number of aromatic amines is 1. The number of fused-ring (bicyclic) bond motifs is 1. The summed E-state index contributed by atoms with van der Waals surface area (Å²) in [5, 5.41) is 3.48. The molecule has 0 bridgehead atoms. The van der Waals surface area contributed by atoms with Gasteiger partial charge >= 0.3 is 0 Å². The summed E-state index contributed by atoms with van der Waals surface area (Å²) in [5.41, 5.74) is 0.441. The first-order valence-corrected chi connectivity index (χ1v) is 7.88. The number of hydrogen-bond donors (Lipinski definition) is 2. The molecular weight excluding hydrogens is 266 g/mol. The fourth-order valence-corrected chi connectivity index (χ4v) is 2.20. The molecule has 0 unspecified atom stereocenters. The summed E-state index contributed by atoms with van der Waals surface area (Å²) in [4.78, 5) is 18.7. The van der Waals surface area contributed by atoms with Gasteiger partial charge in [-0.3, -0.25) is 4.79 Å². The molecule has 0 fully saturated rings. The van der Waals surface area contributed by atoms with Gasteiger partial charge in [0.15, 0.2) is 0 Å². The quantitative estimate of drug-likeness (QED) is 0.756. The molecule has 0 radical (unpaired) electrons. The third-order valence-corrected chi connectivity index (χ3v) is 3.55. The van der Waals surface area contributed by atoms with Gasteiger partial charge in [0.25, 0.3) is 5.56 Å². The minimum Gasteiger partial charge on any atom is -0.309 e. The van der Waals surface area contributed by atoms with E-state index in [0.717, 1.165) is 0 Å². The number of nitrogens with zero attached hydrogens (tertiary/aromatic N) is 1. The topological polar surface area (TPSA) is 91.9 Å². The van der Waals surface area contributed by atoms with Crippen molar-refractivity contribution in [2.24, 2.45) is 0 Å². The van der Waals surface area contributed by atoms with Crippen molar-refractivity contribution < 1.29 is 8.42 Å². The van der Waals surface area contributed by atoms with Gasteiger partial charge in [-0.25, -0.2) is 13.4 Å². The highest BCUT2D eigenvalue weighted by atomic mass is 32.2. The third-order valence-electron chi connectivity index (χ3n) is 2.60. The molecule has 0 saturated carbocycles. The van der Waals surface area contributed by atoms with E-state index >= 15 is 0 Å². The van der Waals surface area contributed by atoms with E-state index in [1.807, 2.05) is 6.07 Å². The lowest BCUT2D eigenvalue weighted by Crippen LogP contribution is -2.24. The number of benzene rings is 1. The number of nitrogens with one attached hydrogen (secondary N) is 2. The molecule has 1 aromatic carbocycles. The Balaban J connectivity index is 2.08. The molecule has 7 heteroatoms. The predicted molar refractivity (Wildman–Crippen MR) is 73.8 cm³/mol. The second-order valence-corrected chi connectivity index (χ2v) is 6.60. The summed E-state index contributed by atoms with van der Waals surface area (Å²) in [6.07, 6.45) is 1.19. The summed E-state index contributed by atoms with van der Waals surface area (Å²) in [6.45, 7) is 0.658. The van der Waals surface area contributed by atoms with Crippen LogP contribution in [0, 0.1) is 0 Å². The molecule has 0 aliphatic rings. The van der Waals surface area contributed by atoms with E-state index in [1.54, 1.807) is 18.2 Å². The van der Waals surface area contributed by atoms with Gasteiger partial charge < -0.3 is 10.3 Å². The van der Waals surface area contributed by atoms with Crippen molar-refractivity contribution in [3.05, 3.63) is 40.4 Å². The van der Waals surface area contributed by atoms with E-state index in [0.29, 0.717) is 29.8 Å². The fraction of sp³-hybridized carbons (Fsp3) is 0.333. The van der Waals surface area contributed by atoms with Gasteiger partial charge in [-0.15, -0.1) is 0 Å². The third kappa shape index (κ3) is 3.87. The average molecular weight is 281 g/mol. The zero-order chi connectivity index (χ0) is 13.9. The molecule has 6 nitrogen and oxygen atoms in total. The summed E-state index contributed by atoms with van der Waals surface area (Å²) in [6, 6.07) is 7.07. The maximum atomic E-state index is 11.8. The zero-order valence-corrected chi connectivity index (χ0v) is 11.3.